The van der Waals surface area contributed by atoms with Gasteiger partial charge in [-0.1, -0.05) is 0 Å². The van der Waals surface area contributed by atoms with Crippen LogP contribution in [0.5, 0.6) is 0 Å². The van der Waals surface area contributed by atoms with Crippen LogP contribution in [0.1, 0.15) is 22.3 Å². The quantitative estimate of drug-likeness (QED) is 0.525. The van der Waals surface area contributed by atoms with Gasteiger partial charge in [0.1, 0.15) is 5.82 Å². The predicted molar refractivity (Wildman–Crippen MR) is 59.6 cm³/mol. The first-order valence-corrected chi connectivity index (χ1v) is 5.01. The smallest absolute Gasteiger partial charge is 0.254 e. The highest BCUT2D eigenvalue weighted by atomic mass is 19.1. The number of hydrogen-bond donors (Lipinski definition) is 3. The van der Waals surface area contributed by atoms with Gasteiger partial charge in [0.05, 0.1) is 5.56 Å². The van der Waals surface area contributed by atoms with Gasteiger partial charge in [-0.2, -0.15) is 0 Å². The number of halogens is 1. The van der Waals surface area contributed by atoms with Crippen LogP contribution in [0.15, 0.2) is 12.1 Å². The highest BCUT2D eigenvalue weighted by Crippen LogP contribution is 2.16. The summed E-state index contributed by atoms with van der Waals surface area (Å²) in [7, 11) is 0. The molecule has 0 aliphatic heterocycles. The van der Waals surface area contributed by atoms with Crippen molar-refractivity contribution in [3.8, 4) is 0 Å². The maximum absolute atomic E-state index is 13.6. The van der Waals surface area contributed by atoms with Gasteiger partial charge in [0.15, 0.2) is 0 Å². The average Bonchev–Trinajstić information content (AvgIpc) is 2.23. The van der Waals surface area contributed by atoms with Crippen LogP contribution < -0.4 is 11.1 Å². The number of nitrogen functional groups attached to an aromatic ring is 1. The van der Waals surface area contributed by atoms with Crippen LogP contribution in [-0.4, -0.2) is 24.2 Å². The third kappa shape index (κ3) is 2.93. The van der Waals surface area contributed by atoms with E-state index in [0.29, 0.717) is 24.2 Å². The normalized spacial score (nSPS) is 10.2. The van der Waals surface area contributed by atoms with Crippen molar-refractivity contribution in [2.45, 2.75) is 13.3 Å². The molecule has 0 aliphatic rings. The van der Waals surface area contributed by atoms with Crippen LogP contribution >= 0.6 is 0 Å². The van der Waals surface area contributed by atoms with Gasteiger partial charge < -0.3 is 16.2 Å². The van der Waals surface area contributed by atoms with Crippen LogP contribution in [-0.2, 0) is 0 Å². The standard InChI is InChI=1S/C11H15FN2O2/c1-7-5-8(13)6-9(10(7)12)11(16)14-3-2-4-15/h5-6,15H,2-4,13H2,1H3,(H,14,16). The van der Waals surface area contributed by atoms with Crippen molar-refractivity contribution in [3.05, 3.63) is 29.1 Å². The summed E-state index contributed by atoms with van der Waals surface area (Å²) in [5.41, 5.74) is 6.17. The van der Waals surface area contributed by atoms with Crippen LogP contribution in [0.3, 0.4) is 0 Å². The lowest BCUT2D eigenvalue weighted by Crippen LogP contribution is -2.26. The van der Waals surface area contributed by atoms with Crippen molar-refractivity contribution in [1.29, 1.82) is 0 Å². The maximum Gasteiger partial charge on any atom is 0.254 e. The second-order valence-corrected chi connectivity index (χ2v) is 3.53. The van der Waals surface area contributed by atoms with Crippen LogP contribution in [0.25, 0.3) is 0 Å². The summed E-state index contributed by atoms with van der Waals surface area (Å²) < 4.78 is 13.6. The zero-order chi connectivity index (χ0) is 12.1. The maximum atomic E-state index is 13.6. The van der Waals surface area contributed by atoms with E-state index in [1.807, 2.05) is 0 Å². The minimum Gasteiger partial charge on any atom is -0.399 e. The molecule has 4 N–H and O–H groups in total. The summed E-state index contributed by atoms with van der Waals surface area (Å²) in [6.07, 6.45) is 0.439. The molecule has 88 valence electrons. The Labute approximate surface area is 93.3 Å². The summed E-state index contributed by atoms with van der Waals surface area (Å²) in [6, 6.07) is 2.77. The molecule has 1 aromatic rings. The number of aliphatic hydroxyl groups excluding tert-OH is 1. The van der Waals surface area contributed by atoms with Gasteiger partial charge in [-0.05, 0) is 31.0 Å². The summed E-state index contributed by atoms with van der Waals surface area (Å²) in [5.74, 6) is -1.07. The molecule has 0 unspecified atom stereocenters. The Bertz CT molecular complexity index is 394. The van der Waals surface area contributed by atoms with Gasteiger partial charge in [-0.25, -0.2) is 4.39 Å². The lowest BCUT2D eigenvalue weighted by Gasteiger charge is -2.08. The monoisotopic (exact) mass is 226 g/mol. The van der Waals surface area contributed by atoms with Gasteiger partial charge in [-0.15, -0.1) is 0 Å². The Balaban J connectivity index is 2.82. The molecule has 0 aromatic heterocycles. The molecule has 0 fully saturated rings. The van der Waals surface area contributed by atoms with Crippen molar-refractivity contribution in [1.82, 2.24) is 5.32 Å². The molecule has 5 heteroatoms. The second-order valence-electron chi connectivity index (χ2n) is 3.53. The second kappa shape index (κ2) is 5.46. The van der Waals surface area contributed by atoms with E-state index >= 15 is 0 Å². The van der Waals surface area contributed by atoms with Gasteiger partial charge >= 0.3 is 0 Å². The van der Waals surface area contributed by atoms with E-state index in [2.05, 4.69) is 5.32 Å². The van der Waals surface area contributed by atoms with Gasteiger partial charge in [0.25, 0.3) is 5.91 Å². The molecule has 0 saturated heterocycles. The van der Waals surface area contributed by atoms with Crippen molar-refractivity contribution < 1.29 is 14.3 Å². The summed E-state index contributed by atoms with van der Waals surface area (Å²) in [4.78, 5) is 11.6. The number of carbonyl (C=O) groups excluding carboxylic acids is 1. The Morgan fingerprint density at radius 1 is 1.56 bits per heavy atom. The summed E-state index contributed by atoms with van der Waals surface area (Å²) in [5, 5.41) is 11.0. The van der Waals surface area contributed by atoms with Crippen LogP contribution in [0, 0.1) is 12.7 Å². The van der Waals surface area contributed by atoms with E-state index in [1.54, 1.807) is 6.92 Å². The molecule has 1 amide bonds. The molecule has 0 radical (unpaired) electrons. The fraction of sp³-hybridized carbons (Fsp3) is 0.364. The third-order valence-corrected chi connectivity index (χ3v) is 2.14. The number of amides is 1. The number of benzene rings is 1. The largest absolute Gasteiger partial charge is 0.399 e. The van der Waals surface area contributed by atoms with E-state index in [0.717, 1.165) is 0 Å². The molecule has 4 nitrogen and oxygen atoms in total. The molecular formula is C11H15FN2O2. The highest BCUT2D eigenvalue weighted by molar-refractivity contribution is 5.95. The van der Waals surface area contributed by atoms with Gasteiger partial charge in [0, 0.05) is 18.8 Å². The SMILES string of the molecule is Cc1cc(N)cc(C(=O)NCCCO)c1F. The number of rotatable bonds is 4. The van der Waals surface area contributed by atoms with Crippen LogP contribution in [0.2, 0.25) is 0 Å². The Morgan fingerprint density at radius 3 is 2.88 bits per heavy atom. The van der Waals surface area contributed by atoms with E-state index < -0.39 is 11.7 Å². The van der Waals surface area contributed by atoms with Crippen molar-refractivity contribution in [3.63, 3.8) is 0 Å². The number of carbonyl (C=O) groups is 1. The molecule has 16 heavy (non-hydrogen) atoms. The van der Waals surface area contributed by atoms with Crippen molar-refractivity contribution in [2.24, 2.45) is 0 Å². The zero-order valence-electron chi connectivity index (χ0n) is 9.09. The number of anilines is 1. The first kappa shape index (κ1) is 12.4. The third-order valence-electron chi connectivity index (χ3n) is 2.14. The minimum absolute atomic E-state index is 0.0152. The fourth-order valence-electron chi connectivity index (χ4n) is 1.34. The topological polar surface area (TPSA) is 75.4 Å². The first-order chi connectivity index (χ1) is 7.56. The minimum atomic E-state index is -0.560. The summed E-state index contributed by atoms with van der Waals surface area (Å²) >= 11 is 0. The lowest BCUT2D eigenvalue weighted by molar-refractivity contribution is 0.0947. The number of aryl methyl sites for hydroxylation is 1. The van der Waals surface area contributed by atoms with Crippen LogP contribution in [0.4, 0.5) is 10.1 Å². The van der Waals surface area contributed by atoms with Crippen molar-refractivity contribution >= 4 is 11.6 Å². The summed E-state index contributed by atoms with van der Waals surface area (Å²) in [6.45, 7) is 1.84. The molecule has 0 heterocycles. The molecule has 1 aromatic carbocycles. The molecule has 0 spiro atoms. The van der Waals surface area contributed by atoms with Gasteiger partial charge in [0.2, 0.25) is 0 Å². The predicted octanol–water partition coefficient (Wildman–Crippen LogP) is 0.829. The van der Waals surface area contributed by atoms with E-state index in [-0.39, 0.29) is 12.2 Å². The molecule has 1 rings (SSSR count). The molecule has 0 aliphatic carbocycles. The average molecular weight is 226 g/mol. The molecule has 0 atom stereocenters. The highest BCUT2D eigenvalue weighted by Gasteiger charge is 2.13. The van der Waals surface area contributed by atoms with E-state index in [4.69, 9.17) is 10.8 Å². The zero-order valence-corrected chi connectivity index (χ0v) is 9.09. The number of hydrogen-bond acceptors (Lipinski definition) is 3. The number of aliphatic hydroxyl groups is 1. The number of nitrogens with two attached hydrogens (primary N) is 1. The Hall–Kier alpha value is -1.62. The first-order valence-electron chi connectivity index (χ1n) is 5.01. The number of nitrogens with one attached hydrogen (secondary N) is 1. The molecule has 0 bridgehead atoms. The molecule has 0 saturated carbocycles. The molecular weight excluding hydrogens is 211 g/mol. The lowest BCUT2D eigenvalue weighted by atomic mass is 10.1. The Morgan fingerprint density at radius 2 is 2.25 bits per heavy atom. The van der Waals surface area contributed by atoms with E-state index in [9.17, 15) is 9.18 Å². The van der Waals surface area contributed by atoms with Gasteiger partial charge in [-0.3, -0.25) is 4.79 Å². The Kier molecular flexibility index (Phi) is 4.25. The van der Waals surface area contributed by atoms with Crippen molar-refractivity contribution in [2.75, 3.05) is 18.9 Å². The fourth-order valence-corrected chi connectivity index (χ4v) is 1.34. The van der Waals surface area contributed by atoms with E-state index in [1.165, 1.54) is 12.1 Å².